The van der Waals surface area contributed by atoms with Gasteiger partial charge in [-0.1, -0.05) is 54.6 Å². The second kappa shape index (κ2) is 11.4. The third kappa shape index (κ3) is 5.35. The molecular weight excluding hydrogens is 517 g/mol. The number of carbonyl (C=O) groups excluding carboxylic acids is 1. The van der Waals surface area contributed by atoms with Crippen molar-refractivity contribution in [3.8, 4) is 0 Å². The van der Waals surface area contributed by atoms with Crippen LogP contribution in [0.15, 0.2) is 30.3 Å². The Kier molecular flexibility index (Phi) is 8.11. The van der Waals surface area contributed by atoms with Gasteiger partial charge in [-0.05, 0) is 69.2 Å². The summed E-state index contributed by atoms with van der Waals surface area (Å²) < 4.78 is 2.24. The van der Waals surface area contributed by atoms with Gasteiger partial charge in [0.25, 0.3) is 5.91 Å². The lowest BCUT2D eigenvalue weighted by Crippen LogP contribution is -2.35. The number of anilines is 2. The summed E-state index contributed by atoms with van der Waals surface area (Å²) in [6.07, 6.45) is 8.70. The molecule has 2 heterocycles. The van der Waals surface area contributed by atoms with Gasteiger partial charge in [0, 0.05) is 45.0 Å². The zero-order valence-corrected chi connectivity index (χ0v) is 24.4. The molecular formula is C30H39Cl2N5O. The molecule has 1 aliphatic heterocycles. The summed E-state index contributed by atoms with van der Waals surface area (Å²) in [7, 11) is 3.43. The lowest BCUT2D eigenvalue weighted by atomic mass is 9.84. The standard InChI is InChI=1S/C30H39Cl2N5O/c1-19(2)33-30-34-28-25(18-24(31)27(32)26(28)29(38)35(3)4)37(30)23-14-16-36(17-15-23)22-12-10-21(11-13-22)20-8-6-5-7-9-20/h10-13,18-20,23H,5-9,14-17H2,1-4H3,(H,33,34). The van der Waals surface area contributed by atoms with E-state index in [1.165, 1.54) is 48.3 Å². The van der Waals surface area contributed by atoms with Crippen LogP contribution in [-0.2, 0) is 0 Å². The number of benzene rings is 2. The van der Waals surface area contributed by atoms with Crippen molar-refractivity contribution in [2.75, 3.05) is 37.4 Å². The van der Waals surface area contributed by atoms with Crippen molar-refractivity contribution in [1.82, 2.24) is 14.5 Å². The summed E-state index contributed by atoms with van der Waals surface area (Å²) in [4.78, 5) is 22.0. The number of halogens is 2. The molecule has 2 aliphatic rings. The van der Waals surface area contributed by atoms with Crippen LogP contribution in [0.1, 0.15) is 86.7 Å². The van der Waals surface area contributed by atoms with Gasteiger partial charge in [-0.25, -0.2) is 4.98 Å². The average Bonchev–Trinajstić information content (AvgIpc) is 3.26. The number of nitrogens with one attached hydrogen (secondary N) is 1. The Labute approximate surface area is 236 Å². The van der Waals surface area contributed by atoms with E-state index in [2.05, 4.69) is 52.9 Å². The van der Waals surface area contributed by atoms with Crippen LogP contribution in [0.4, 0.5) is 11.6 Å². The largest absolute Gasteiger partial charge is 0.371 e. The minimum absolute atomic E-state index is 0.187. The Morgan fingerprint density at radius 2 is 1.68 bits per heavy atom. The van der Waals surface area contributed by atoms with Crippen molar-refractivity contribution in [3.05, 3.63) is 51.5 Å². The third-order valence-corrected chi connectivity index (χ3v) is 8.87. The fraction of sp³-hybridized carbons (Fsp3) is 0.533. The van der Waals surface area contributed by atoms with Crippen LogP contribution in [0.3, 0.4) is 0 Å². The molecule has 0 unspecified atom stereocenters. The fourth-order valence-corrected chi connectivity index (χ4v) is 6.52. The van der Waals surface area contributed by atoms with Crippen molar-refractivity contribution in [2.45, 2.75) is 76.8 Å². The molecule has 8 heteroatoms. The van der Waals surface area contributed by atoms with Gasteiger partial charge in [0.05, 0.1) is 21.1 Å². The number of hydrogen-bond donors (Lipinski definition) is 1. The highest BCUT2D eigenvalue weighted by Gasteiger charge is 2.29. The zero-order chi connectivity index (χ0) is 27.0. The van der Waals surface area contributed by atoms with Crippen molar-refractivity contribution >= 4 is 51.8 Å². The van der Waals surface area contributed by atoms with Crippen LogP contribution in [0, 0.1) is 0 Å². The third-order valence-electron chi connectivity index (χ3n) is 8.08. The van der Waals surface area contributed by atoms with E-state index < -0.39 is 0 Å². The zero-order valence-electron chi connectivity index (χ0n) is 22.9. The molecule has 1 amide bonds. The quantitative estimate of drug-likeness (QED) is 0.337. The van der Waals surface area contributed by atoms with Gasteiger partial charge >= 0.3 is 0 Å². The van der Waals surface area contributed by atoms with Gasteiger partial charge in [-0.2, -0.15) is 0 Å². The lowest BCUT2D eigenvalue weighted by Gasteiger charge is -2.35. The second-order valence-corrected chi connectivity index (χ2v) is 12.1. The Hall–Kier alpha value is -2.44. The molecule has 1 saturated heterocycles. The van der Waals surface area contributed by atoms with E-state index >= 15 is 0 Å². The number of piperidine rings is 1. The number of imidazole rings is 1. The molecule has 0 radical (unpaired) electrons. The molecule has 0 spiro atoms. The van der Waals surface area contributed by atoms with Crippen molar-refractivity contribution in [2.24, 2.45) is 0 Å². The average molecular weight is 557 g/mol. The van der Waals surface area contributed by atoms with Crippen LogP contribution in [0.25, 0.3) is 11.0 Å². The Morgan fingerprint density at radius 3 is 2.29 bits per heavy atom. The first kappa shape index (κ1) is 27.1. The molecule has 38 heavy (non-hydrogen) atoms. The molecule has 1 aliphatic carbocycles. The van der Waals surface area contributed by atoms with Crippen LogP contribution >= 0.6 is 23.2 Å². The molecule has 6 nitrogen and oxygen atoms in total. The predicted octanol–water partition coefficient (Wildman–Crippen LogP) is 7.75. The molecule has 5 rings (SSSR count). The Morgan fingerprint density at radius 1 is 1.03 bits per heavy atom. The normalized spacial score (nSPS) is 17.4. The number of nitrogens with zero attached hydrogens (tertiary/aromatic N) is 4. The van der Waals surface area contributed by atoms with E-state index in [-0.39, 0.29) is 23.0 Å². The van der Waals surface area contributed by atoms with E-state index in [1.54, 1.807) is 14.1 Å². The molecule has 3 aromatic rings. The smallest absolute Gasteiger partial charge is 0.257 e. The molecule has 1 N–H and O–H groups in total. The summed E-state index contributed by atoms with van der Waals surface area (Å²) in [6, 6.07) is 11.6. The van der Waals surface area contributed by atoms with Gasteiger partial charge in [0.2, 0.25) is 5.95 Å². The van der Waals surface area contributed by atoms with E-state index in [0.29, 0.717) is 16.1 Å². The van der Waals surface area contributed by atoms with E-state index in [0.717, 1.165) is 43.3 Å². The highest BCUT2D eigenvalue weighted by molar-refractivity contribution is 6.45. The van der Waals surface area contributed by atoms with Gasteiger partial charge in [0.1, 0.15) is 5.52 Å². The molecule has 1 aromatic heterocycles. The first-order valence-electron chi connectivity index (χ1n) is 14.0. The van der Waals surface area contributed by atoms with Gasteiger partial charge in [0.15, 0.2) is 0 Å². The molecule has 1 saturated carbocycles. The first-order chi connectivity index (χ1) is 18.2. The fourth-order valence-electron chi connectivity index (χ4n) is 6.10. The summed E-state index contributed by atoms with van der Waals surface area (Å²) >= 11 is 13.1. The highest BCUT2D eigenvalue weighted by atomic mass is 35.5. The van der Waals surface area contributed by atoms with Crippen LogP contribution in [0.2, 0.25) is 10.0 Å². The topological polar surface area (TPSA) is 53.4 Å². The minimum atomic E-state index is -0.199. The Balaban J connectivity index is 1.41. The summed E-state index contributed by atoms with van der Waals surface area (Å²) in [5.74, 6) is 1.29. The van der Waals surface area contributed by atoms with Crippen LogP contribution in [-0.4, -0.2) is 53.6 Å². The lowest BCUT2D eigenvalue weighted by molar-refractivity contribution is 0.0829. The van der Waals surface area contributed by atoms with Crippen molar-refractivity contribution < 1.29 is 4.79 Å². The maximum absolute atomic E-state index is 13.1. The molecule has 2 fully saturated rings. The highest BCUT2D eigenvalue weighted by Crippen LogP contribution is 2.39. The SMILES string of the molecule is CC(C)Nc1nc2c(C(=O)N(C)C)c(Cl)c(Cl)cc2n1C1CCN(c2ccc(C3CCCCC3)cc2)CC1. The number of fused-ring (bicyclic) bond motifs is 1. The van der Waals surface area contributed by atoms with Crippen LogP contribution in [0.5, 0.6) is 0 Å². The molecule has 2 aromatic carbocycles. The van der Waals surface area contributed by atoms with E-state index in [1.807, 2.05) is 6.07 Å². The number of rotatable bonds is 6. The molecule has 0 atom stereocenters. The second-order valence-electron chi connectivity index (χ2n) is 11.4. The van der Waals surface area contributed by atoms with Gasteiger partial charge < -0.3 is 19.7 Å². The number of aromatic nitrogens is 2. The maximum atomic E-state index is 13.1. The summed E-state index contributed by atoms with van der Waals surface area (Å²) in [5, 5.41) is 4.13. The summed E-state index contributed by atoms with van der Waals surface area (Å²) in [6.45, 7) is 6.10. The predicted molar refractivity (Wildman–Crippen MR) is 159 cm³/mol. The number of hydrogen-bond acceptors (Lipinski definition) is 4. The van der Waals surface area contributed by atoms with Gasteiger partial charge in [-0.3, -0.25) is 4.79 Å². The number of carbonyl (C=O) groups is 1. The van der Waals surface area contributed by atoms with E-state index in [4.69, 9.17) is 28.2 Å². The first-order valence-corrected chi connectivity index (χ1v) is 14.7. The molecule has 0 bridgehead atoms. The monoisotopic (exact) mass is 555 g/mol. The Bertz CT molecular complexity index is 1290. The maximum Gasteiger partial charge on any atom is 0.257 e. The summed E-state index contributed by atoms with van der Waals surface area (Å²) in [5.41, 5.74) is 4.61. The number of amides is 1. The van der Waals surface area contributed by atoms with Crippen molar-refractivity contribution in [1.29, 1.82) is 0 Å². The minimum Gasteiger partial charge on any atom is -0.371 e. The van der Waals surface area contributed by atoms with E-state index in [9.17, 15) is 4.79 Å². The molecule has 204 valence electrons. The van der Waals surface area contributed by atoms with Crippen molar-refractivity contribution in [3.63, 3.8) is 0 Å². The van der Waals surface area contributed by atoms with Crippen LogP contribution < -0.4 is 10.2 Å². The van der Waals surface area contributed by atoms with Gasteiger partial charge in [-0.15, -0.1) is 0 Å².